The molecule has 0 saturated carbocycles. The van der Waals surface area contributed by atoms with E-state index >= 15 is 0 Å². The normalized spacial score (nSPS) is 18.0. The number of amides is 1. The van der Waals surface area contributed by atoms with Crippen LogP contribution in [0.1, 0.15) is 29.5 Å². The molecule has 0 aromatic heterocycles. The third-order valence-corrected chi connectivity index (χ3v) is 5.14. The van der Waals surface area contributed by atoms with Gasteiger partial charge >= 0.3 is 0 Å². The molecule has 1 aliphatic heterocycles. The van der Waals surface area contributed by atoms with Gasteiger partial charge in [-0.15, -0.1) is 0 Å². The third kappa shape index (κ3) is 3.91. The highest BCUT2D eigenvalue weighted by atomic mass is 16.7. The quantitative estimate of drug-likeness (QED) is 0.842. The SMILES string of the molecule is CNC1(N(C)C(=O)Cc2cc(C)ccc2C)CCN(OC)CC1. The highest BCUT2D eigenvalue weighted by Gasteiger charge is 2.39. The molecule has 1 heterocycles. The summed E-state index contributed by atoms with van der Waals surface area (Å²) in [6.45, 7) is 5.76. The first-order valence-electron chi connectivity index (χ1n) is 8.22. The van der Waals surface area contributed by atoms with Crippen molar-refractivity contribution in [1.29, 1.82) is 0 Å². The van der Waals surface area contributed by atoms with Gasteiger partial charge in [-0.2, -0.15) is 5.06 Å². The molecular formula is C18H29N3O2. The average molecular weight is 319 g/mol. The van der Waals surface area contributed by atoms with E-state index < -0.39 is 0 Å². The highest BCUT2D eigenvalue weighted by molar-refractivity contribution is 5.79. The van der Waals surface area contributed by atoms with Crippen molar-refractivity contribution in [2.24, 2.45) is 0 Å². The number of hydrogen-bond donors (Lipinski definition) is 1. The first-order valence-corrected chi connectivity index (χ1v) is 8.22. The van der Waals surface area contributed by atoms with Crippen molar-refractivity contribution in [2.75, 3.05) is 34.3 Å². The van der Waals surface area contributed by atoms with Crippen LogP contribution in [-0.2, 0) is 16.1 Å². The van der Waals surface area contributed by atoms with Crippen LogP contribution in [0, 0.1) is 13.8 Å². The number of piperidine rings is 1. The predicted octanol–water partition coefficient (Wildman–Crippen LogP) is 1.88. The van der Waals surface area contributed by atoms with Crippen molar-refractivity contribution >= 4 is 5.91 Å². The molecule has 1 fully saturated rings. The van der Waals surface area contributed by atoms with Crippen LogP contribution in [0.25, 0.3) is 0 Å². The molecule has 1 aromatic rings. The minimum absolute atomic E-state index is 0.152. The van der Waals surface area contributed by atoms with Crippen LogP contribution in [0.2, 0.25) is 0 Å². The molecule has 0 radical (unpaired) electrons. The second-order valence-electron chi connectivity index (χ2n) is 6.45. The second kappa shape index (κ2) is 7.43. The summed E-state index contributed by atoms with van der Waals surface area (Å²) < 4.78 is 0. The van der Waals surface area contributed by atoms with Gasteiger partial charge in [-0.3, -0.25) is 10.1 Å². The first kappa shape index (κ1) is 17.9. The molecular weight excluding hydrogens is 290 g/mol. The van der Waals surface area contributed by atoms with Gasteiger partial charge in [0.25, 0.3) is 0 Å². The van der Waals surface area contributed by atoms with E-state index in [1.54, 1.807) is 7.11 Å². The molecule has 0 aliphatic carbocycles. The maximum absolute atomic E-state index is 12.8. The van der Waals surface area contributed by atoms with Gasteiger partial charge in [-0.25, -0.2) is 0 Å². The van der Waals surface area contributed by atoms with E-state index in [9.17, 15) is 4.79 Å². The predicted molar refractivity (Wildman–Crippen MR) is 92.0 cm³/mol. The van der Waals surface area contributed by atoms with E-state index in [2.05, 4.69) is 37.4 Å². The molecule has 5 nitrogen and oxygen atoms in total. The second-order valence-corrected chi connectivity index (χ2v) is 6.45. The van der Waals surface area contributed by atoms with E-state index in [0.717, 1.165) is 31.5 Å². The number of likely N-dealkylation sites (N-methyl/N-ethyl adjacent to an activating group) is 1. The Hall–Kier alpha value is -1.43. The highest BCUT2D eigenvalue weighted by Crippen LogP contribution is 2.26. The van der Waals surface area contributed by atoms with Crippen LogP contribution in [0.3, 0.4) is 0 Å². The number of carbonyl (C=O) groups excluding carboxylic acids is 1. The van der Waals surface area contributed by atoms with Crippen LogP contribution in [0.15, 0.2) is 18.2 Å². The van der Waals surface area contributed by atoms with Gasteiger partial charge in [0.05, 0.1) is 19.2 Å². The van der Waals surface area contributed by atoms with E-state index in [-0.39, 0.29) is 11.6 Å². The fourth-order valence-corrected chi connectivity index (χ4v) is 3.30. The number of rotatable bonds is 5. The number of aryl methyl sites for hydroxylation is 2. The van der Waals surface area contributed by atoms with Crippen molar-refractivity contribution in [3.8, 4) is 0 Å². The molecule has 128 valence electrons. The van der Waals surface area contributed by atoms with Gasteiger partial charge < -0.3 is 9.74 Å². The Kier molecular flexibility index (Phi) is 5.79. The van der Waals surface area contributed by atoms with Crippen LogP contribution in [-0.4, -0.2) is 55.8 Å². The molecule has 5 heteroatoms. The lowest BCUT2D eigenvalue weighted by Gasteiger charge is -2.46. The molecule has 1 amide bonds. The lowest BCUT2D eigenvalue weighted by Crippen LogP contribution is -2.63. The smallest absolute Gasteiger partial charge is 0.228 e. The van der Waals surface area contributed by atoms with Gasteiger partial charge in [-0.1, -0.05) is 23.8 Å². The summed E-state index contributed by atoms with van der Waals surface area (Å²) in [4.78, 5) is 20.0. The van der Waals surface area contributed by atoms with Gasteiger partial charge in [0.1, 0.15) is 0 Å². The molecule has 0 spiro atoms. The summed E-state index contributed by atoms with van der Waals surface area (Å²) in [6, 6.07) is 6.28. The van der Waals surface area contributed by atoms with E-state index in [4.69, 9.17) is 4.84 Å². The molecule has 23 heavy (non-hydrogen) atoms. The number of hydroxylamine groups is 2. The number of hydrogen-bond acceptors (Lipinski definition) is 4. The van der Waals surface area contributed by atoms with Crippen molar-refractivity contribution in [1.82, 2.24) is 15.3 Å². The zero-order valence-corrected chi connectivity index (χ0v) is 15.0. The standard InChI is InChI=1S/C18H29N3O2/c1-14-6-7-15(2)16(12-14)13-17(22)20(4)18(19-3)8-10-21(23-5)11-9-18/h6-7,12,19H,8-11,13H2,1-5H3. The molecule has 1 aromatic carbocycles. The fourth-order valence-electron chi connectivity index (χ4n) is 3.30. The maximum atomic E-state index is 12.8. The number of nitrogens with zero attached hydrogens (tertiary/aromatic N) is 2. The summed E-state index contributed by atoms with van der Waals surface area (Å²) >= 11 is 0. The largest absolute Gasteiger partial charge is 0.327 e. The Morgan fingerprint density at radius 1 is 1.35 bits per heavy atom. The van der Waals surface area contributed by atoms with Crippen LogP contribution in [0.4, 0.5) is 0 Å². The Morgan fingerprint density at radius 3 is 2.57 bits per heavy atom. The van der Waals surface area contributed by atoms with Gasteiger partial charge in [0.2, 0.25) is 5.91 Å². The van der Waals surface area contributed by atoms with Crippen molar-refractivity contribution < 1.29 is 9.63 Å². The van der Waals surface area contributed by atoms with Gasteiger partial charge in [-0.05, 0) is 44.9 Å². The fraction of sp³-hybridized carbons (Fsp3) is 0.611. The molecule has 1 N–H and O–H groups in total. The van der Waals surface area contributed by atoms with Crippen molar-refractivity contribution in [3.63, 3.8) is 0 Å². The Balaban J connectivity index is 2.10. The zero-order valence-electron chi connectivity index (χ0n) is 15.0. The third-order valence-electron chi connectivity index (χ3n) is 5.14. The van der Waals surface area contributed by atoms with Gasteiger partial charge in [0, 0.05) is 20.1 Å². The Bertz CT molecular complexity index is 551. The Labute approximate surface area is 139 Å². The molecule has 1 aliphatic rings. The van der Waals surface area contributed by atoms with Crippen LogP contribution >= 0.6 is 0 Å². The minimum Gasteiger partial charge on any atom is -0.327 e. The maximum Gasteiger partial charge on any atom is 0.228 e. The van der Waals surface area contributed by atoms with E-state index in [1.807, 2.05) is 24.1 Å². The average Bonchev–Trinajstić information content (AvgIpc) is 2.57. The summed E-state index contributed by atoms with van der Waals surface area (Å²) in [5.41, 5.74) is 3.19. The lowest BCUT2D eigenvalue weighted by molar-refractivity contribution is -0.170. The van der Waals surface area contributed by atoms with Crippen LogP contribution < -0.4 is 5.32 Å². The van der Waals surface area contributed by atoms with Crippen molar-refractivity contribution in [3.05, 3.63) is 34.9 Å². The van der Waals surface area contributed by atoms with Gasteiger partial charge in [0.15, 0.2) is 0 Å². The summed E-state index contributed by atoms with van der Waals surface area (Å²) in [7, 11) is 5.54. The lowest BCUT2D eigenvalue weighted by atomic mass is 9.94. The zero-order chi connectivity index (χ0) is 17.0. The first-order chi connectivity index (χ1) is 10.9. The molecule has 0 atom stereocenters. The Morgan fingerprint density at radius 2 is 2.00 bits per heavy atom. The number of nitrogens with one attached hydrogen (secondary N) is 1. The molecule has 2 rings (SSSR count). The molecule has 1 saturated heterocycles. The van der Waals surface area contributed by atoms with Crippen LogP contribution in [0.5, 0.6) is 0 Å². The molecule has 0 unspecified atom stereocenters. The number of benzene rings is 1. The monoisotopic (exact) mass is 319 g/mol. The molecule has 0 bridgehead atoms. The minimum atomic E-state index is -0.288. The summed E-state index contributed by atoms with van der Waals surface area (Å²) in [5, 5.41) is 5.32. The van der Waals surface area contributed by atoms with Crippen molar-refractivity contribution in [2.45, 2.75) is 38.8 Å². The summed E-state index contributed by atoms with van der Waals surface area (Å²) in [5.74, 6) is 0.152. The van der Waals surface area contributed by atoms with E-state index in [0.29, 0.717) is 6.42 Å². The topological polar surface area (TPSA) is 44.8 Å². The summed E-state index contributed by atoms with van der Waals surface area (Å²) in [6.07, 6.45) is 2.15. The van der Waals surface area contributed by atoms with E-state index in [1.165, 1.54) is 11.1 Å². The number of carbonyl (C=O) groups is 1.